The number of alkyl halides is 3. The summed E-state index contributed by atoms with van der Waals surface area (Å²) in [6.07, 6.45) is -0.791. The van der Waals surface area contributed by atoms with E-state index in [1.807, 2.05) is 0 Å². The van der Waals surface area contributed by atoms with Gasteiger partial charge in [-0.05, 0) is 25.0 Å². The fourth-order valence-electron chi connectivity index (χ4n) is 2.27. The standard InChI is InChI=1S/C13H13F3O/c14-13(15,16)11-7-3-6-10(8-11)12(17)9-4-1-2-5-9/h3,6-9H,1-2,4-5H2. The normalized spacial score (nSPS) is 17.4. The van der Waals surface area contributed by atoms with E-state index in [1.165, 1.54) is 12.1 Å². The zero-order chi connectivity index (χ0) is 12.5. The van der Waals surface area contributed by atoms with Gasteiger partial charge in [-0.25, -0.2) is 0 Å². The van der Waals surface area contributed by atoms with Gasteiger partial charge in [-0.1, -0.05) is 25.0 Å². The molecule has 0 atom stereocenters. The average molecular weight is 242 g/mol. The van der Waals surface area contributed by atoms with Crippen LogP contribution in [0.5, 0.6) is 0 Å². The van der Waals surface area contributed by atoms with E-state index in [0.717, 1.165) is 37.8 Å². The summed E-state index contributed by atoms with van der Waals surface area (Å²) in [5, 5.41) is 0. The van der Waals surface area contributed by atoms with Crippen LogP contribution in [0.1, 0.15) is 41.6 Å². The molecule has 1 aliphatic carbocycles. The van der Waals surface area contributed by atoms with Crippen molar-refractivity contribution in [2.75, 3.05) is 0 Å². The first kappa shape index (κ1) is 12.1. The summed E-state index contributed by atoms with van der Waals surface area (Å²) in [5.41, 5.74) is -0.562. The van der Waals surface area contributed by atoms with Crippen LogP contribution in [0, 0.1) is 5.92 Å². The Bertz CT molecular complexity index is 417. The van der Waals surface area contributed by atoms with Gasteiger partial charge in [-0.2, -0.15) is 13.2 Å². The Morgan fingerprint density at radius 2 is 1.82 bits per heavy atom. The number of hydrogen-bond donors (Lipinski definition) is 0. The summed E-state index contributed by atoms with van der Waals surface area (Å²) < 4.78 is 37.5. The van der Waals surface area contributed by atoms with Gasteiger partial charge in [0, 0.05) is 11.5 Å². The summed E-state index contributed by atoms with van der Waals surface area (Å²) in [4.78, 5) is 12.0. The molecule has 1 nitrogen and oxygen atoms in total. The Morgan fingerprint density at radius 1 is 1.18 bits per heavy atom. The van der Waals surface area contributed by atoms with Gasteiger partial charge >= 0.3 is 6.18 Å². The van der Waals surface area contributed by atoms with E-state index in [1.54, 1.807) is 0 Å². The minimum Gasteiger partial charge on any atom is -0.294 e. The molecule has 0 aromatic heterocycles. The highest BCUT2D eigenvalue weighted by molar-refractivity contribution is 5.98. The van der Waals surface area contributed by atoms with Crippen LogP contribution in [0.25, 0.3) is 0 Å². The average Bonchev–Trinajstić information content (AvgIpc) is 2.80. The van der Waals surface area contributed by atoms with E-state index in [9.17, 15) is 18.0 Å². The molecule has 92 valence electrons. The van der Waals surface area contributed by atoms with Crippen LogP contribution in [0.3, 0.4) is 0 Å². The number of halogens is 3. The van der Waals surface area contributed by atoms with Crippen molar-refractivity contribution in [3.63, 3.8) is 0 Å². The van der Waals surface area contributed by atoms with Crippen LogP contribution in [0.15, 0.2) is 24.3 Å². The van der Waals surface area contributed by atoms with Crippen LogP contribution < -0.4 is 0 Å². The molecule has 0 aliphatic heterocycles. The molecule has 0 N–H and O–H groups in total. The van der Waals surface area contributed by atoms with Crippen LogP contribution in [0.2, 0.25) is 0 Å². The molecule has 1 aromatic rings. The van der Waals surface area contributed by atoms with Crippen molar-refractivity contribution in [1.29, 1.82) is 0 Å². The Labute approximate surface area is 97.6 Å². The topological polar surface area (TPSA) is 17.1 Å². The second-order valence-corrected chi connectivity index (χ2v) is 4.42. The van der Waals surface area contributed by atoms with E-state index in [2.05, 4.69) is 0 Å². The lowest BCUT2D eigenvalue weighted by molar-refractivity contribution is -0.137. The summed E-state index contributed by atoms with van der Waals surface area (Å²) in [7, 11) is 0. The van der Waals surface area contributed by atoms with Crippen LogP contribution in [0.4, 0.5) is 13.2 Å². The Morgan fingerprint density at radius 3 is 2.41 bits per heavy atom. The molecule has 0 bridgehead atoms. The van der Waals surface area contributed by atoms with Gasteiger partial charge in [-0.15, -0.1) is 0 Å². The Hall–Kier alpha value is -1.32. The fraction of sp³-hybridized carbons (Fsp3) is 0.462. The largest absolute Gasteiger partial charge is 0.416 e. The van der Waals surface area contributed by atoms with Crippen LogP contribution in [-0.4, -0.2) is 5.78 Å². The number of benzene rings is 1. The van der Waals surface area contributed by atoms with Gasteiger partial charge in [0.05, 0.1) is 5.56 Å². The molecule has 0 heterocycles. The van der Waals surface area contributed by atoms with E-state index in [0.29, 0.717) is 0 Å². The zero-order valence-corrected chi connectivity index (χ0v) is 9.26. The smallest absolute Gasteiger partial charge is 0.294 e. The predicted octanol–water partition coefficient (Wildman–Crippen LogP) is 4.08. The maximum absolute atomic E-state index is 12.5. The molecular formula is C13H13F3O. The molecule has 17 heavy (non-hydrogen) atoms. The minimum absolute atomic E-state index is 0.0847. The highest BCUT2D eigenvalue weighted by Gasteiger charge is 2.32. The number of carbonyl (C=O) groups is 1. The second kappa shape index (κ2) is 4.51. The molecule has 0 radical (unpaired) electrons. The highest BCUT2D eigenvalue weighted by atomic mass is 19.4. The number of Topliss-reactive ketones (excluding diaryl/α,β-unsaturated/α-hetero) is 1. The van der Waals surface area contributed by atoms with Gasteiger partial charge in [0.25, 0.3) is 0 Å². The molecule has 1 aliphatic rings. The van der Waals surface area contributed by atoms with Crippen molar-refractivity contribution in [2.24, 2.45) is 5.92 Å². The Balaban J connectivity index is 2.24. The van der Waals surface area contributed by atoms with E-state index < -0.39 is 11.7 Å². The molecule has 2 rings (SSSR count). The van der Waals surface area contributed by atoms with Crippen molar-refractivity contribution in [3.8, 4) is 0 Å². The maximum Gasteiger partial charge on any atom is 0.416 e. The van der Waals surface area contributed by atoms with Crippen molar-refractivity contribution < 1.29 is 18.0 Å². The van der Waals surface area contributed by atoms with Gasteiger partial charge in [0.2, 0.25) is 0 Å². The molecule has 0 amide bonds. The SMILES string of the molecule is O=C(c1cccc(C(F)(F)F)c1)C1CCCC1. The fourth-order valence-corrected chi connectivity index (χ4v) is 2.27. The molecular weight excluding hydrogens is 229 g/mol. The first-order valence-electron chi connectivity index (χ1n) is 5.70. The van der Waals surface area contributed by atoms with Gasteiger partial charge < -0.3 is 0 Å². The third-order valence-electron chi connectivity index (χ3n) is 3.20. The molecule has 1 saturated carbocycles. The summed E-state index contributed by atoms with van der Waals surface area (Å²) >= 11 is 0. The van der Waals surface area contributed by atoms with Gasteiger partial charge in [-0.3, -0.25) is 4.79 Å². The lowest BCUT2D eigenvalue weighted by Crippen LogP contribution is -2.13. The molecule has 0 saturated heterocycles. The Kier molecular flexibility index (Phi) is 3.22. The minimum atomic E-state index is -4.38. The first-order chi connectivity index (χ1) is 7.98. The van der Waals surface area contributed by atoms with Crippen molar-refractivity contribution in [3.05, 3.63) is 35.4 Å². The quantitative estimate of drug-likeness (QED) is 0.714. The maximum atomic E-state index is 12.5. The van der Waals surface area contributed by atoms with Crippen molar-refractivity contribution in [1.82, 2.24) is 0 Å². The summed E-state index contributed by atoms with van der Waals surface area (Å²) in [5.74, 6) is -0.230. The third-order valence-corrected chi connectivity index (χ3v) is 3.20. The molecule has 4 heteroatoms. The summed E-state index contributed by atoms with van der Waals surface area (Å²) in [6, 6.07) is 4.72. The lowest BCUT2D eigenvalue weighted by Gasteiger charge is -2.11. The first-order valence-corrected chi connectivity index (χ1v) is 5.70. The monoisotopic (exact) mass is 242 g/mol. The summed E-state index contributed by atoms with van der Waals surface area (Å²) in [6.45, 7) is 0. The lowest BCUT2D eigenvalue weighted by atomic mass is 9.95. The van der Waals surface area contributed by atoms with Crippen LogP contribution in [-0.2, 0) is 6.18 Å². The van der Waals surface area contributed by atoms with Gasteiger partial charge in [0.15, 0.2) is 5.78 Å². The number of hydrogen-bond acceptors (Lipinski definition) is 1. The van der Waals surface area contributed by atoms with E-state index >= 15 is 0 Å². The molecule has 1 aromatic carbocycles. The predicted molar refractivity (Wildman–Crippen MR) is 57.7 cm³/mol. The van der Waals surface area contributed by atoms with Gasteiger partial charge in [0.1, 0.15) is 0 Å². The number of rotatable bonds is 2. The van der Waals surface area contributed by atoms with E-state index in [-0.39, 0.29) is 17.3 Å². The third kappa shape index (κ3) is 2.68. The zero-order valence-electron chi connectivity index (χ0n) is 9.26. The number of carbonyl (C=O) groups excluding carboxylic acids is 1. The number of ketones is 1. The highest BCUT2D eigenvalue weighted by Crippen LogP contribution is 2.32. The second-order valence-electron chi connectivity index (χ2n) is 4.42. The van der Waals surface area contributed by atoms with Crippen molar-refractivity contribution in [2.45, 2.75) is 31.9 Å². The van der Waals surface area contributed by atoms with Crippen molar-refractivity contribution >= 4 is 5.78 Å². The molecule has 0 unspecified atom stereocenters. The molecule has 0 spiro atoms. The molecule has 1 fully saturated rings. The van der Waals surface area contributed by atoms with E-state index in [4.69, 9.17) is 0 Å². The van der Waals surface area contributed by atoms with Crippen LogP contribution >= 0.6 is 0 Å².